The number of pyridine rings is 1. The van der Waals surface area contributed by atoms with Gasteiger partial charge in [0.25, 0.3) is 0 Å². The summed E-state index contributed by atoms with van der Waals surface area (Å²) < 4.78 is 6.23. The Labute approximate surface area is 230 Å². The molecule has 1 aliphatic rings. The number of thiophene rings is 1. The van der Waals surface area contributed by atoms with Gasteiger partial charge in [-0.2, -0.15) is 4.98 Å². The first-order valence-corrected chi connectivity index (χ1v) is 13.4. The van der Waals surface area contributed by atoms with E-state index in [2.05, 4.69) is 46.3 Å². The van der Waals surface area contributed by atoms with Crippen LogP contribution in [-0.4, -0.2) is 39.6 Å². The van der Waals surface area contributed by atoms with Crippen molar-refractivity contribution in [3.05, 3.63) is 72.3 Å². The fourth-order valence-electron chi connectivity index (χ4n) is 4.26. The van der Waals surface area contributed by atoms with Crippen LogP contribution in [-0.2, 0) is 9.53 Å². The molecule has 4 aromatic rings. The summed E-state index contributed by atoms with van der Waals surface area (Å²) in [6.07, 6.45) is 2.41. The average Bonchev–Trinajstić information content (AvgIpc) is 3.56. The van der Waals surface area contributed by atoms with Gasteiger partial charge in [0.1, 0.15) is 12.4 Å². The van der Waals surface area contributed by atoms with Gasteiger partial charge in [-0.05, 0) is 60.2 Å². The second-order valence-corrected chi connectivity index (χ2v) is 10.4. The highest BCUT2D eigenvalue weighted by atomic mass is 32.1. The second-order valence-electron chi connectivity index (χ2n) is 9.50. The van der Waals surface area contributed by atoms with Crippen molar-refractivity contribution in [3.8, 4) is 0 Å². The maximum absolute atomic E-state index is 12.6. The third-order valence-electron chi connectivity index (χ3n) is 6.43. The van der Waals surface area contributed by atoms with Crippen LogP contribution in [0.4, 0.5) is 33.8 Å². The lowest BCUT2D eigenvalue weighted by Crippen LogP contribution is -2.38. The highest BCUT2D eigenvalue weighted by molar-refractivity contribution is 7.17. The van der Waals surface area contributed by atoms with E-state index in [1.165, 1.54) is 17.4 Å². The maximum atomic E-state index is 12.6. The molecule has 1 saturated heterocycles. The highest BCUT2D eigenvalue weighted by Gasteiger charge is 2.38. The molecule has 10 nitrogen and oxygen atoms in total. The average molecular weight is 544 g/mol. The molecule has 3 aromatic heterocycles. The van der Waals surface area contributed by atoms with E-state index in [1.807, 2.05) is 42.6 Å². The van der Waals surface area contributed by atoms with Crippen LogP contribution in [0.5, 0.6) is 0 Å². The number of aromatic nitrogens is 3. The zero-order valence-electron chi connectivity index (χ0n) is 21.8. The molecule has 1 aromatic carbocycles. The molecule has 1 unspecified atom stereocenters. The number of ether oxygens (including phenoxy) is 1. The molecular formula is C28H29N7O3S. The van der Waals surface area contributed by atoms with Crippen molar-refractivity contribution in [2.75, 3.05) is 27.5 Å². The molecule has 11 heteroatoms. The van der Waals surface area contributed by atoms with Crippen molar-refractivity contribution in [2.24, 2.45) is 5.92 Å². The van der Waals surface area contributed by atoms with Crippen molar-refractivity contribution >= 4 is 62.5 Å². The summed E-state index contributed by atoms with van der Waals surface area (Å²) in [6, 6.07) is 13.2. The quantitative estimate of drug-likeness (QED) is 0.216. The zero-order valence-corrected chi connectivity index (χ0v) is 22.7. The zero-order chi connectivity index (χ0) is 27.5. The summed E-state index contributed by atoms with van der Waals surface area (Å²) in [5.41, 5.74) is 3.27. The van der Waals surface area contributed by atoms with Crippen LogP contribution in [0.25, 0.3) is 10.2 Å². The van der Waals surface area contributed by atoms with Crippen molar-refractivity contribution in [2.45, 2.75) is 32.9 Å². The largest absolute Gasteiger partial charge is 0.447 e. The number of carbonyl (C=O) groups excluding carboxylic acids is 2. The van der Waals surface area contributed by atoms with E-state index < -0.39 is 0 Å². The molecule has 0 bridgehead atoms. The van der Waals surface area contributed by atoms with E-state index in [4.69, 9.17) is 9.72 Å². The highest BCUT2D eigenvalue weighted by Crippen LogP contribution is 2.35. The summed E-state index contributed by atoms with van der Waals surface area (Å²) in [6.45, 7) is 9.96. The van der Waals surface area contributed by atoms with Crippen molar-refractivity contribution in [1.82, 2.24) is 15.0 Å². The van der Waals surface area contributed by atoms with Gasteiger partial charge >= 0.3 is 6.09 Å². The number of carbonyl (C=O) groups is 2. The summed E-state index contributed by atoms with van der Waals surface area (Å²) in [5.74, 6) is 1.60. The third kappa shape index (κ3) is 5.68. The van der Waals surface area contributed by atoms with E-state index in [-0.39, 0.29) is 30.0 Å². The lowest BCUT2D eigenvalue weighted by molar-refractivity contribution is -0.111. The molecule has 1 fully saturated rings. The number of nitrogens with one attached hydrogen (secondary N) is 3. The molecule has 0 aliphatic carbocycles. The van der Waals surface area contributed by atoms with Gasteiger partial charge in [0.05, 0.1) is 34.2 Å². The Kier molecular flexibility index (Phi) is 7.42. The maximum Gasteiger partial charge on any atom is 0.415 e. The van der Waals surface area contributed by atoms with Crippen molar-refractivity contribution < 1.29 is 14.3 Å². The van der Waals surface area contributed by atoms with Gasteiger partial charge in [0.15, 0.2) is 5.82 Å². The minimum Gasteiger partial charge on any atom is -0.447 e. The van der Waals surface area contributed by atoms with Crippen LogP contribution in [0.15, 0.2) is 66.7 Å². The number of benzene rings is 1. The number of anilines is 5. The Bertz CT molecular complexity index is 1500. The van der Waals surface area contributed by atoms with Crippen LogP contribution in [0.2, 0.25) is 0 Å². The minimum atomic E-state index is -0.380. The monoisotopic (exact) mass is 543 g/mol. The van der Waals surface area contributed by atoms with Crippen molar-refractivity contribution in [1.29, 1.82) is 0 Å². The fourth-order valence-corrected chi connectivity index (χ4v) is 5.08. The van der Waals surface area contributed by atoms with Crippen LogP contribution >= 0.6 is 11.3 Å². The lowest BCUT2D eigenvalue weighted by Gasteiger charge is -2.24. The molecule has 0 radical (unpaired) electrons. The number of nitrogens with zero attached hydrogens (tertiary/aromatic N) is 4. The Morgan fingerprint density at radius 2 is 1.90 bits per heavy atom. The molecule has 1 aliphatic heterocycles. The van der Waals surface area contributed by atoms with Crippen LogP contribution in [0.1, 0.15) is 32.4 Å². The fraction of sp³-hybridized carbons (Fsp3) is 0.250. The van der Waals surface area contributed by atoms with E-state index in [0.29, 0.717) is 29.9 Å². The first-order chi connectivity index (χ1) is 18.8. The second kappa shape index (κ2) is 11.1. The molecule has 3 N–H and O–H groups in total. The SMILES string of the molecule is C=CC(=O)Nc1ccc(Nc2ccc([C@H](C)Nc3nc(N4C(=O)OCC4C(C)C)c4sccc4n3)cc2)nc1. The number of hydrogen-bond donors (Lipinski definition) is 3. The number of rotatable bonds is 9. The van der Waals surface area contributed by atoms with Crippen molar-refractivity contribution in [3.63, 3.8) is 0 Å². The van der Waals surface area contributed by atoms with E-state index >= 15 is 0 Å². The molecule has 2 atom stereocenters. The van der Waals surface area contributed by atoms with Crippen LogP contribution in [0.3, 0.4) is 0 Å². The number of fused-ring (bicyclic) bond motifs is 1. The first-order valence-electron chi connectivity index (χ1n) is 12.6. The molecule has 5 rings (SSSR count). The summed E-state index contributed by atoms with van der Waals surface area (Å²) in [5, 5.41) is 11.3. The smallest absolute Gasteiger partial charge is 0.415 e. The molecule has 39 heavy (non-hydrogen) atoms. The Hall–Kier alpha value is -4.51. The van der Waals surface area contributed by atoms with Crippen LogP contribution < -0.4 is 20.9 Å². The predicted octanol–water partition coefficient (Wildman–Crippen LogP) is 6.11. The number of cyclic esters (lactones) is 1. The van der Waals surface area contributed by atoms with Gasteiger partial charge in [-0.25, -0.2) is 14.8 Å². The minimum absolute atomic E-state index is 0.0837. The normalized spacial score (nSPS) is 15.7. The molecule has 0 spiro atoms. The van der Waals surface area contributed by atoms with E-state index in [9.17, 15) is 9.59 Å². The number of hydrogen-bond acceptors (Lipinski definition) is 9. The van der Waals surface area contributed by atoms with Gasteiger partial charge in [0, 0.05) is 5.69 Å². The Morgan fingerprint density at radius 3 is 2.59 bits per heavy atom. The van der Waals surface area contributed by atoms with Gasteiger partial charge in [-0.15, -0.1) is 11.3 Å². The lowest BCUT2D eigenvalue weighted by atomic mass is 10.0. The third-order valence-corrected chi connectivity index (χ3v) is 7.33. The predicted molar refractivity (Wildman–Crippen MR) is 155 cm³/mol. The van der Waals surface area contributed by atoms with Gasteiger partial charge in [0.2, 0.25) is 11.9 Å². The summed E-state index contributed by atoms with van der Waals surface area (Å²) in [7, 11) is 0. The Morgan fingerprint density at radius 1 is 1.13 bits per heavy atom. The molecule has 2 amide bonds. The molecule has 4 heterocycles. The van der Waals surface area contributed by atoms with Gasteiger partial charge in [-0.3, -0.25) is 9.69 Å². The molecule has 0 saturated carbocycles. The first kappa shape index (κ1) is 26.1. The number of amides is 2. The summed E-state index contributed by atoms with van der Waals surface area (Å²) in [4.78, 5) is 39.5. The van der Waals surface area contributed by atoms with Crippen LogP contribution in [0, 0.1) is 5.92 Å². The van der Waals surface area contributed by atoms with E-state index in [1.54, 1.807) is 23.2 Å². The van der Waals surface area contributed by atoms with Gasteiger partial charge < -0.3 is 20.7 Å². The standard InChI is InChI=1S/C28H29N7O3S/c1-5-24(36)32-20-10-11-23(29-14-20)31-19-8-6-18(7-9-19)17(4)30-27-33-21-12-13-39-25(21)26(34-27)35-22(16(2)3)15-38-28(35)37/h5-14,16-17,22H,1,15H2,2-4H3,(H,29,31)(H,32,36)(H,30,33,34)/t17-,22?/m0/s1. The van der Waals surface area contributed by atoms with E-state index in [0.717, 1.165) is 21.5 Å². The topological polar surface area (TPSA) is 121 Å². The Balaban J connectivity index is 1.30. The summed E-state index contributed by atoms with van der Waals surface area (Å²) >= 11 is 1.51. The van der Waals surface area contributed by atoms with Gasteiger partial charge in [-0.1, -0.05) is 32.6 Å². The molecule has 200 valence electrons. The molecular weight excluding hydrogens is 514 g/mol.